The third-order valence-electron chi connectivity index (χ3n) is 3.28. The highest BCUT2D eigenvalue weighted by molar-refractivity contribution is 5.96. The van der Waals surface area contributed by atoms with Gasteiger partial charge in [0.2, 0.25) is 0 Å². The van der Waals surface area contributed by atoms with Crippen LogP contribution in [0.2, 0.25) is 0 Å². The van der Waals surface area contributed by atoms with Crippen LogP contribution in [-0.2, 0) is 19.1 Å². The number of nitrogens with zero attached hydrogens (tertiary/aromatic N) is 1. The van der Waals surface area contributed by atoms with Crippen molar-refractivity contribution in [3.63, 3.8) is 0 Å². The lowest BCUT2D eigenvalue weighted by Gasteiger charge is -2.21. The summed E-state index contributed by atoms with van der Waals surface area (Å²) in [5, 5.41) is 0. The van der Waals surface area contributed by atoms with E-state index in [1.807, 2.05) is 0 Å². The van der Waals surface area contributed by atoms with Gasteiger partial charge in [-0.3, -0.25) is 14.4 Å². The molecule has 8 heteroatoms. The Kier molecular flexibility index (Phi) is 7.54. The number of hydrogen-bond donors (Lipinski definition) is 0. The molecular weight excluding hydrogens is 318 g/mol. The second-order valence-corrected chi connectivity index (χ2v) is 4.70. The summed E-state index contributed by atoms with van der Waals surface area (Å²) in [6, 6.07) is 4.64. The normalized spacial score (nSPS) is 9.83. The minimum Gasteiger partial charge on any atom is -0.493 e. The summed E-state index contributed by atoms with van der Waals surface area (Å²) < 4.78 is 19.4. The van der Waals surface area contributed by atoms with Crippen LogP contribution in [0.4, 0.5) is 0 Å². The molecule has 0 radical (unpaired) electrons. The van der Waals surface area contributed by atoms with Gasteiger partial charge in [-0.15, -0.1) is 0 Å². The first-order valence-electron chi connectivity index (χ1n) is 7.11. The van der Waals surface area contributed by atoms with Crippen LogP contribution >= 0.6 is 0 Å². The van der Waals surface area contributed by atoms with Crippen molar-refractivity contribution in [3.05, 3.63) is 23.8 Å². The summed E-state index contributed by atoms with van der Waals surface area (Å²) >= 11 is 0. The lowest BCUT2D eigenvalue weighted by molar-refractivity contribution is -0.143. The highest BCUT2D eigenvalue weighted by atomic mass is 16.5. The molecule has 0 aliphatic rings. The summed E-state index contributed by atoms with van der Waals surface area (Å²) in [6.07, 6.45) is -0.0352. The van der Waals surface area contributed by atoms with E-state index in [0.717, 1.165) is 0 Å². The van der Waals surface area contributed by atoms with Crippen molar-refractivity contribution in [1.29, 1.82) is 0 Å². The van der Waals surface area contributed by atoms with Gasteiger partial charge in [0, 0.05) is 12.1 Å². The summed E-state index contributed by atoms with van der Waals surface area (Å²) in [5.74, 6) is -0.651. The van der Waals surface area contributed by atoms with Crippen LogP contribution < -0.4 is 9.47 Å². The quantitative estimate of drug-likeness (QED) is 0.649. The van der Waals surface area contributed by atoms with Gasteiger partial charge in [0.15, 0.2) is 11.5 Å². The fourth-order valence-corrected chi connectivity index (χ4v) is 1.95. The van der Waals surface area contributed by atoms with Crippen LogP contribution in [-0.4, -0.2) is 64.3 Å². The van der Waals surface area contributed by atoms with Gasteiger partial charge < -0.3 is 23.8 Å². The molecule has 0 atom stereocenters. The van der Waals surface area contributed by atoms with E-state index >= 15 is 0 Å². The molecular formula is C16H21NO7. The van der Waals surface area contributed by atoms with E-state index in [-0.39, 0.29) is 19.5 Å². The van der Waals surface area contributed by atoms with Crippen LogP contribution in [0.5, 0.6) is 11.5 Å². The van der Waals surface area contributed by atoms with E-state index in [1.165, 1.54) is 39.4 Å². The molecule has 24 heavy (non-hydrogen) atoms. The van der Waals surface area contributed by atoms with Crippen molar-refractivity contribution < 1.29 is 33.3 Å². The van der Waals surface area contributed by atoms with Crippen molar-refractivity contribution in [1.82, 2.24) is 4.90 Å². The van der Waals surface area contributed by atoms with E-state index in [9.17, 15) is 14.4 Å². The zero-order chi connectivity index (χ0) is 18.1. The van der Waals surface area contributed by atoms with E-state index < -0.39 is 17.8 Å². The molecule has 132 valence electrons. The topological polar surface area (TPSA) is 91.4 Å². The van der Waals surface area contributed by atoms with Crippen LogP contribution in [0.3, 0.4) is 0 Å². The van der Waals surface area contributed by atoms with Gasteiger partial charge in [0.1, 0.15) is 6.54 Å². The number of hydrogen-bond acceptors (Lipinski definition) is 7. The van der Waals surface area contributed by atoms with Gasteiger partial charge in [-0.05, 0) is 18.2 Å². The predicted octanol–water partition coefficient (Wildman–Crippen LogP) is 0.882. The van der Waals surface area contributed by atoms with Crippen molar-refractivity contribution in [3.8, 4) is 11.5 Å². The molecule has 1 aromatic carbocycles. The molecule has 0 saturated heterocycles. The van der Waals surface area contributed by atoms with E-state index in [1.54, 1.807) is 12.1 Å². The molecule has 1 rings (SSSR count). The lowest BCUT2D eigenvalue weighted by atomic mass is 10.1. The smallest absolute Gasteiger partial charge is 0.325 e. The molecule has 0 aliphatic heterocycles. The minimum atomic E-state index is -0.589. The standard InChI is InChI=1S/C16H21NO7/c1-21-12-6-5-11(9-13(12)22-2)16(20)17(10-15(19)24-4)8-7-14(18)23-3/h5-6,9H,7-8,10H2,1-4H3. The van der Waals surface area contributed by atoms with E-state index in [2.05, 4.69) is 9.47 Å². The third-order valence-corrected chi connectivity index (χ3v) is 3.28. The van der Waals surface area contributed by atoms with Crippen LogP contribution in [0.1, 0.15) is 16.8 Å². The van der Waals surface area contributed by atoms with Gasteiger partial charge in [0.25, 0.3) is 5.91 Å². The van der Waals surface area contributed by atoms with Crippen LogP contribution in [0.15, 0.2) is 18.2 Å². The Hall–Kier alpha value is -2.77. The molecule has 0 saturated carbocycles. The second kappa shape index (κ2) is 9.39. The molecule has 0 aromatic heterocycles. The zero-order valence-corrected chi connectivity index (χ0v) is 14.2. The Morgan fingerprint density at radius 3 is 2.08 bits per heavy atom. The molecule has 1 aromatic rings. The second-order valence-electron chi connectivity index (χ2n) is 4.70. The summed E-state index contributed by atoms with van der Waals surface area (Å²) in [4.78, 5) is 36.7. The number of carbonyl (C=O) groups excluding carboxylic acids is 3. The highest BCUT2D eigenvalue weighted by Crippen LogP contribution is 2.28. The first-order valence-corrected chi connectivity index (χ1v) is 7.11. The van der Waals surface area contributed by atoms with Crippen molar-refractivity contribution in [2.24, 2.45) is 0 Å². The molecule has 0 bridgehead atoms. The zero-order valence-electron chi connectivity index (χ0n) is 14.2. The maximum absolute atomic E-state index is 12.6. The molecule has 0 heterocycles. The van der Waals surface area contributed by atoms with E-state index in [4.69, 9.17) is 9.47 Å². The van der Waals surface area contributed by atoms with Gasteiger partial charge in [-0.1, -0.05) is 0 Å². The number of amides is 1. The molecule has 0 aliphatic carbocycles. The number of rotatable bonds is 8. The maximum atomic E-state index is 12.6. The average Bonchev–Trinajstić information content (AvgIpc) is 2.63. The molecule has 0 fully saturated rings. The summed E-state index contributed by atoms with van der Waals surface area (Å²) in [7, 11) is 5.42. The first kappa shape index (κ1) is 19.3. The SMILES string of the molecule is COC(=O)CCN(CC(=O)OC)C(=O)c1ccc(OC)c(OC)c1. The molecule has 0 unspecified atom stereocenters. The number of carbonyl (C=O) groups is 3. The first-order chi connectivity index (χ1) is 11.5. The fourth-order valence-electron chi connectivity index (χ4n) is 1.95. The van der Waals surface area contributed by atoms with Gasteiger partial charge in [-0.2, -0.15) is 0 Å². The maximum Gasteiger partial charge on any atom is 0.325 e. The monoisotopic (exact) mass is 339 g/mol. The molecule has 8 nitrogen and oxygen atoms in total. The largest absolute Gasteiger partial charge is 0.493 e. The predicted molar refractivity (Wildman–Crippen MR) is 84.1 cm³/mol. The van der Waals surface area contributed by atoms with Gasteiger partial charge in [0.05, 0.1) is 34.9 Å². The van der Waals surface area contributed by atoms with Crippen molar-refractivity contribution >= 4 is 17.8 Å². The Bertz CT molecular complexity index is 600. The highest BCUT2D eigenvalue weighted by Gasteiger charge is 2.21. The Labute approximate surface area is 140 Å². The van der Waals surface area contributed by atoms with Gasteiger partial charge in [-0.25, -0.2) is 0 Å². The number of methoxy groups -OCH3 is 4. The number of esters is 2. The van der Waals surface area contributed by atoms with Crippen molar-refractivity contribution in [2.45, 2.75) is 6.42 Å². The fraction of sp³-hybridized carbons (Fsp3) is 0.438. The summed E-state index contributed by atoms with van der Waals surface area (Å²) in [5.41, 5.74) is 0.293. The number of benzene rings is 1. The van der Waals surface area contributed by atoms with Crippen molar-refractivity contribution in [2.75, 3.05) is 41.5 Å². The lowest BCUT2D eigenvalue weighted by Crippen LogP contribution is -2.37. The van der Waals surface area contributed by atoms with Crippen LogP contribution in [0.25, 0.3) is 0 Å². The summed E-state index contributed by atoms with van der Waals surface area (Å²) in [6.45, 7) is -0.254. The van der Waals surface area contributed by atoms with E-state index in [0.29, 0.717) is 17.1 Å². The average molecular weight is 339 g/mol. The Morgan fingerprint density at radius 1 is 0.917 bits per heavy atom. The Morgan fingerprint density at radius 2 is 1.54 bits per heavy atom. The molecule has 0 N–H and O–H groups in total. The van der Waals surface area contributed by atoms with Crippen LogP contribution in [0, 0.1) is 0 Å². The third kappa shape index (κ3) is 5.15. The number of ether oxygens (including phenoxy) is 4. The minimum absolute atomic E-state index is 0.0228. The molecule has 0 spiro atoms. The molecule has 1 amide bonds. The Balaban J connectivity index is 3.00. The van der Waals surface area contributed by atoms with Gasteiger partial charge >= 0.3 is 11.9 Å².